The van der Waals surface area contributed by atoms with Crippen LogP contribution >= 0.6 is 11.3 Å². The molecule has 2 N–H and O–H groups in total. The normalized spacial score (nSPS) is 16.9. The fourth-order valence-corrected chi connectivity index (χ4v) is 4.12. The number of rotatable bonds is 4. The van der Waals surface area contributed by atoms with E-state index >= 15 is 0 Å². The molecule has 0 bridgehead atoms. The van der Waals surface area contributed by atoms with Gasteiger partial charge >= 0.3 is 0 Å². The molecule has 138 valence electrons. The van der Waals surface area contributed by atoms with Crippen LogP contribution in [0.3, 0.4) is 0 Å². The number of ether oxygens (including phenoxy) is 2. The first kappa shape index (κ1) is 17.1. The van der Waals surface area contributed by atoms with Crippen LogP contribution in [0.1, 0.15) is 16.3 Å². The summed E-state index contributed by atoms with van der Waals surface area (Å²) in [6.45, 7) is 6.01. The maximum Gasteiger partial charge on any atom is 0.231 e. The highest BCUT2D eigenvalue weighted by atomic mass is 32.1. The zero-order valence-electron chi connectivity index (χ0n) is 14.7. The molecule has 0 spiro atoms. The predicted molar refractivity (Wildman–Crippen MR) is 95.8 cm³/mol. The number of nitrogens with one attached hydrogen (secondary N) is 1. The molecule has 8 heteroatoms. The molecule has 7 nitrogen and oxygen atoms in total. The third-order valence-electron chi connectivity index (χ3n) is 4.81. The molecule has 2 aliphatic heterocycles. The number of piperazine rings is 1. The molecule has 26 heavy (non-hydrogen) atoms. The van der Waals surface area contributed by atoms with Gasteiger partial charge < -0.3 is 24.4 Å². The molecule has 0 aliphatic carbocycles. The average molecular weight is 376 g/mol. The van der Waals surface area contributed by atoms with Gasteiger partial charge in [0, 0.05) is 17.1 Å². The Labute approximate surface area is 155 Å². The summed E-state index contributed by atoms with van der Waals surface area (Å²) < 4.78 is 10.7. The Balaban J connectivity index is 1.32. The summed E-state index contributed by atoms with van der Waals surface area (Å²) in [5.74, 6) is 1.66. The molecule has 1 aromatic carbocycles. The van der Waals surface area contributed by atoms with Crippen molar-refractivity contribution >= 4 is 17.2 Å². The van der Waals surface area contributed by atoms with E-state index in [4.69, 9.17) is 9.47 Å². The predicted octanol–water partition coefficient (Wildman–Crippen LogP) is 0.356. The number of hydrogen-bond acceptors (Lipinski definition) is 6. The lowest BCUT2D eigenvalue weighted by atomic mass is 10.1. The van der Waals surface area contributed by atoms with Gasteiger partial charge in [0.15, 0.2) is 11.5 Å². The number of aromatic nitrogens is 1. The number of carbonyl (C=O) groups is 1. The van der Waals surface area contributed by atoms with Crippen LogP contribution in [-0.4, -0.2) is 53.9 Å². The van der Waals surface area contributed by atoms with Gasteiger partial charge in [0.25, 0.3) is 0 Å². The number of carbonyl (C=O) groups excluding carboxylic acids is 1. The second kappa shape index (κ2) is 7.13. The summed E-state index contributed by atoms with van der Waals surface area (Å²) in [7, 11) is 0. The Morgan fingerprint density at radius 2 is 2.04 bits per heavy atom. The number of quaternary nitrogens is 1. The van der Waals surface area contributed by atoms with Crippen molar-refractivity contribution in [1.29, 1.82) is 0 Å². The number of amides is 1. The Bertz CT molecular complexity index is 815. The topological polar surface area (TPSA) is 76.3 Å². The summed E-state index contributed by atoms with van der Waals surface area (Å²) in [4.78, 5) is 20.1. The van der Waals surface area contributed by atoms with Gasteiger partial charge in [0.2, 0.25) is 12.7 Å². The first-order chi connectivity index (χ1) is 12.6. The van der Waals surface area contributed by atoms with Crippen LogP contribution in [0.15, 0.2) is 17.5 Å². The van der Waals surface area contributed by atoms with Crippen LogP contribution in [0.5, 0.6) is 17.2 Å². The van der Waals surface area contributed by atoms with Crippen molar-refractivity contribution in [2.45, 2.75) is 19.9 Å². The highest BCUT2D eigenvalue weighted by molar-refractivity contribution is 7.09. The van der Waals surface area contributed by atoms with E-state index in [2.05, 4.69) is 4.98 Å². The third kappa shape index (κ3) is 3.61. The van der Waals surface area contributed by atoms with Gasteiger partial charge in [-0.15, -0.1) is 11.3 Å². The number of aromatic hydroxyl groups is 1. The highest BCUT2D eigenvalue weighted by Gasteiger charge is 2.26. The molecule has 1 saturated heterocycles. The summed E-state index contributed by atoms with van der Waals surface area (Å²) in [6, 6.07) is 3.47. The molecule has 0 atom stereocenters. The first-order valence-corrected chi connectivity index (χ1v) is 9.60. The zero-order chi connectivity index (χ0) is 18.1. The lowest BCUT2D eigenvalue weighted by Crippen LogP contribution is -3.13. The Morgan fingerprint density at radius 3 is 2.73 bits per heavy atom. The molecule has 2 aromatic rings. The van der Waals surface area contributed by atoms with E-state index in [9.17, 15) is 9.90 Å². The van der Waals surface area contributed by atoms with Gasteiger partial charge in [-0.1, -0.05) is 0 Å². The van der Waals surface area contributed by atoms with Crippen LogP contribution in [0.25, 0.3) is 0 Å². The van der Waals surface area contributed by atoms with E-state index in [-0.39, 0.29) is 18.4 Å². The molecule has 0 radical (unpaired) electrons. The van der Waals surface area contributed by atoms with E-state index in [1.54, 1.807) is 17.4 Å². The molecule has 4 rings (SSSR count). The number of hydrogen-bond donors (Lipinski definition) is 2. The van der Waals surface area contributed by atoms with Crippen molar-refractivity contribution in [2.24, 2.45) is 0 Å². The van der Waals surface area contributed by atoms with Crippen LogP contribution in [-0.2, 0) is 17.8 Å². The number of thiazole rings is 1. The van der Waals surface area contributed by atoms with Crippen molar-refractivity contribution in [1.82, 2.24) is 9.88 Å². The van der Waals surface area contributed by atoms with Gasteiger partial charge in [-0.05, 0) is 13.0 Å². The zero-order valence-corrected chi connectivity index (χ0v) is 15.5. The number of phenolic OH excluding ortho intramolecular Hbond substituents is 1. The van der Waals surface area contributed by atoms with Crippen LogP contribution in [0.2, 0.25) is 0 Å². The second-order valence-corrected chi connectivity index (χ2v) is 7.64. The van der Waals surface area contributed by atoms with Gasteiger partial charge in [-0.3, -0.25) is 4.79 Å². The Morgan fingerprint density at radius 1 is 1.31 bits per heavy atom. The number of nitrogens with zero attached hydrogens (tertiary/aromatic N) is 2. The van der Waals surface area contributed by atoms with Crippen molar-refractivity contribution in [3.05, 3.63) is 33.8 Å². The van der Waals surface area contributed by atoms with Gasteiger partial charge in [0.1, 0.15) is 17.3 Å². The van der Waals surface area contributed by atoms with E-state index < -0.39 is 0 Å². The Kier molecular flexibility index (Phi) is 4.69. The summed E-state index contributed by atoms with van der Waals surface area (Å²) in [5.41, 5.74) is 1.82. The fourth-order valence-electron chi connectivity index (χ4n) is 3.36. The summed E-state index contributed by atoms with van der Waals surface area (Å²) >= 11 is 1.54. The molecule has 1 aromatic heterocycles. The van der Waals surface area contributed by atoms with Crippen molar-refractivity contribution < 1.29 is 24.3 Å². The molecule has 0 unspecified atom stereocenters. The van der Waals surface area contributed by atoms with E-state index in [1.165, 1.54) is 4.90 Å². The standard InChI is InChI=1S/C18H21N3O4S/c1-12-10-26-17(19-12)8-18(23)21-4-2-20(3-5-21)9-13-6-15-16(7-14(13)22)25-11-24-15/h6-7,10,22H,2-5,8-9,11H2,1H3/p+1. The minimum Gasteiger partial charge on any atom is -0.507 e. The third-order valence-corrected chi connectivity index (χ3v) is 5.77. The molecule has 1 fully saturated rings. The summed E-state index contributed by atoms with van der Waals surface area (Å²) in [6.07, 6.45) is 0.386. The SMILES string of the molecule is Cc1csc(CC(=O)N2CC[NH+](Cc3cc4c(cc3O)OCO4)CC2)n1. The van der Waals surface area contributed by atoms with Crippen LogP contribution in [0.4, 0.5) is 0 Å². The Hall–Kier alpha value is -2.32. The average Bonchev–Trinajstić information content (AvgIpc) is 3.24. The monoisotopic (exact) mass is 376 g/mol. The number of aryl methyl sites for hydroxylation is 1. The van der Waals surface area contributed by atoms with Crippen LogP contribution < -0.4 is 14.4 Å². The summed E-state index contributed by atoms with van der Waals surface area (Å²) in [5, 5.41) is 13.0. The molecular weight excluding hydrogens is 354 g/mol. The highest BCUT2D eigenvalue weighted by Crippen LogP contribution is 2.37. The number of benzene rings is 1. The van der Waals surface area contributed by atoms with Crippen LogP contribution in [0, 0.1) is 6.92 Å². The van der Waals surface area contributed by atoms with E-state index in [0.717, 1.165) is 42.4 Å². The second-order valence-electron chi connectivity index (χ2n) is 6.70. The molecular formula is C18H22N3O4S+. The van der Waals surface area contributed by atoms with Crippen molar-refractivity contribution in [2.75, 3.05) is 33.0 Å². The van der Waals surface area contributed by atoms with E-state index in [0.29, 0.717) is 24.5 Å². The van der Waals surface area contributed by atoms with Crippen molar-refractivity contribution in [3.63, 3.8) is 0 Å². The first-order valence-electron chi connectivity index (χ1n) is 8.72. The smallest absolute Gasteiger partial charge is 0.231 e. The van der Waals surface area contributed by atoms with Crippen molar-refractivity contribution in [3.8, 4) is 17.2 Å². The van der Waals surface area contributed by atoms with E-state index in [1.807, 2.05) is 23.3 Å². The maximum absolute atomic E-state index is 12.4. The maximum atomic E-state index is 12.4. The number of phenols is 1. The quantitative estimate of drug-likeness (QED) is 0.806. The molecule has 0 saturated carbocycles. The lowest BCUT2D eigenvalue weighted by Gasteiger charge is -2.32. The molecule has 3 heterocycles. The molecule has 1 amide bonds. The molecule has 2 aliphatic rings. The number of fused-ring (bicyclic) bond motifs is 1. The van der Waals surface area contributed by atoms with Gasteiger partial charge in [-0.25, -0.2) is 4.98 Å². The van der Waals surface area contributed by atoms with Gasteiger partial charge in [-0.2, -0.15) is 0 Å². The minimum atomic E-state index is 0.143. The minimum absolute atomic E-state index is 0.143. The largest absolute Gasteiger partial charge is 0.507 e. The van der Waals surface area contributed by atoms with Gasteiger partial charge in [0.05, 0.1) is 38.2 Å². The fraction of sp³-hybridized carbons (Fsp3) is 0.444. The lowest BCUT2D eigenvalue weighted by molar-refractivity contribution is -0.917.